The second-order valence-corrected chi connectivity index (χ2v) is 5.86. The third kappa shape index (κ3) is 2.36. The molecule has 0 aliphatic heterocycles. The van der Waals surface area contributed by atoms with Gasteiger partial charge in [-0.3, -0.25) is 5.10 Å². The zero-order valence-electron chi connectivity index (χ0n) is 11.1. The SMILES string of the molecule is CCc1ccc(C(C)Nc2cccc3cn[nH]c23)s1. The van der Waals surface area contributed by atoms with Crippen molar-refractivity contribution in [3.05, 3.63) is 46.3 Å². The van der Waals surface area contributed by atoms with Gasteiger partial charge in [0.05, 0.1) is 23.4 Å². The Bertz CT molecular complexity index is 683. The first-order valence-electron chi connectivity index (χ1n) is 6.55. The molecule has 0 bridgehead atoms. The minimum atomic E-state index is 0.305. The van der Waals surface area contributed by atoms with Gasteiger partial charge in [-0.1, -0.05) is 19.1 Å². The summed E-state index contributed by atoms with van der Waals surface area (Å²) in [7, 11) is 0. The minimum absolute atomic E-state index is 0.305. The predicted molar refractivity (Wildman–Crippen MR) is 81.8 cm³/mol. The number of para-hydroxylation sites is 1. The number of nitrogens with one attached hydrogen (secondary N) is 2. The highest BCUT2D eigenvalue weighted by molar-refractivity contribution is 7.12. The summed E-state index contributed by atoms with van der Waals surface area (Å²) >= 11 is 1.88. The maximum absolute atomic E-state index is 4.10. The number of aryl methyl sites for hydroxylation is 1. The molecule has 1 aromatic carbocycles. The van der Waals surface area contributed by atoms with Crippen LogP contribution in [0.4, 0.5) is 5.69 Å². The molecule has 2 aromatic heterocycles. The number of hydrogen-bond donors (Lipinski definition) is 2. The van der Waals surface area contributed by atoms with E-state index in [9.17, 15) is 0 Å². The Hall–Kier alpha value is -1.81. The van der Waals surface area contributed by atoms with Gasteiger partial charge in [-0.05, 0) is 31.5 Å². The summed E-state index contributed by atoms with van der Waals surface area (Å²) in [6.45, 7) is 4.39. The Morgan fingerprint density at radius 2 is 2.21 bits per heavy atom. The van der Waals surface area contributed by atoms with Crippen molar-refractivity contribution in [2.75, 3.05) is 5.32 Å². The van der Waals surface area contributed by atoms with Gasteiger partial charge in [0.25, 0.3) is 0 Å². The van der Waals surface area contributed by atoms with Gasteiger partial charge in [0.15, 0.2) is 0 Å². The number of fused-ring (bicyclic) bond motifs is 1. The van der Waals surface area contributed by atoms with Crippen LogP contribution in [0.5, 0.6) is 0 Å². The summed E-state index contributed by atoms with van der Waals surface area (Å²) in [5.74, 6) is 0. The second kappa shape index (κ2) is 5.05. The van der Waals surface area contributed by atoms with Gasteiger partial charge >= 0.3 is 0 Å². The molecule has 0 radical (unpaired) electrons. The van der Waals surface area contributed by atoms with E-state index in [4.69, 9.17) is 0 Å². The van der Waals surface area contributed by atoms with Crippen LogP contribution in [0.2, 0.25) is 0 Å². The molecule has 3 rings (SSSR count). The fraction of sp³-hybridized carbons (Fsp3) is 0.267. The largest absolute Gasteiger partial charge is 0.376 e. The molecule has 3 nitrogen and oxygen atoms in total. The number of H-pyrrole nitrogens is 1. The van der Waals surface area contributed by atoms with Crippen LogP contribution in [-0.2, 0) is 6.42 Å². The number of rotatable bonds is 4. The summed E-state index contributed by atoms with van der Waals surface area (Å²) in [5, 5.41) is 11.8. The van der Waals surface area contributed by atoms with Crippen LogP contribution in [0.15, 0.2) is 36.5 Å². The van der Waals surface area contributed by atoms with Gasteiger partial charge in [0.2, 0.25) is 0 Å². The van der Waals surface area contributed by atoms with E-state index in [2.05, 4.69) is 59.7 Å². The lowest BCUT2D eigenvalue weighted by atomic mass is 10.2. The first-order chi connectivity index (χ1) is 9.28. The number of anilines is 1. The Kier molecular flexibility index (Phi) is 3.25. The van der Waals surface area contributed by atoms with Crippen molar-refractivity contribution >= 4 is 27.9 Å². The highest BCUT2D eigenvalue weighted by Crippen LogP contribution is 2.29. The molecular formula is C15H17N3S. The average Bonchev–Trinajstić information content (AvgIpc) is 3.08. The molecule has 1 unspecified atom stereocenters. The van der Waals surface area contributed by atoms with Crippen molar-refractivity contribution in [3.63, 3.8) is 0 Å². The van der Waals surface area contributed by atoms with E-state index in [1.54, 1.807) is 0 Å². The zero-order valence-corrected chi connectivity index (χ0v) is 11.9. The van der Waals surface area contributed by atoms with E-state index in [1.165, 1.54) is 9.75 Å². The van der Waals surface area contributed by atoms with E-state index < -0.39 is 0 Å². The van der Waals surface area contributed by atoms with Crippen molar-refractivity contribution in [3.8, 4) is 0 Å². The smallest absolute Gasteiger partial charge is 0.0881 e. The van der Waals surface area contributed by atoms with Crippen LogP contribution in [0, 0.1) is 0 Å². The average molecular weight is 271 g/mol. The lowest BCUT2D eigenvalue weighted by molar-refractivity contribution is 0.909. The Labute approximate surface area is 116 Å². The summed E-state index contributed by atoms with van der Waals surface area (Å²) < 4.78 is 0. The number of aromatic amines is 1. The normalized spacial score (nSPS) is 12.7. The monoisotopic (exact) mass is 271 g/mol. The number of hydrogen-bond acceptors (Lipinski definition) is 3. The molecule has 2 heterocycles. The van der Waals surface area contributed by atoms with Crippen LogP contribution in [0.3, 0.4) is 0 Å². The third-order valence-electron chi connectivity index (χ3n) is 3.31. The molecule has 19 heavy (non-hydrogen) atoms. The van der Waals surface area contributed by atoms with Crippen molar-refractivity contribution in [1.29, 1.82) is 0 Å². The van der Waals surface area contributed by atoms with Crippen LogP contribution in [0.1, 0.15) is 29.6 Å². The highest BCUT2D eigenvalue weighted by atomic mass is 32.1. The predicted octanol–water partition coefficient (Wildman–Crippen LogP) is 4.36. The zero-order chi connectivity index (χ0) is 13.2. The molecule has 0 amide bonds. The van der Waals surface area contributed by atoms with Crippen LogP contribution in [0.25, 0.3) is 10.9 Å². The molecule has 2 N–H and O–H groups in total. The Morgan fingerprint density at radius 3 is 3.00 bits per heavy atom. The molecule has 98 valence electrons. The molecule has 0 aliphatic rings. The lowest BCUT2D eigenvalue weighted by Gasteiger charge is -2.14. The van der Waals surface area contributed by atoms with Crippen LogP contribution >= 0.6 is 11.3 Å². The maximum Gasteiger partial charge on any atom is 0.0881 e. The van der Waals surface area contributed by atoms with Crippen LogP contribution in [-0.4, -0.2) is 10.2 Å². The molecule has 0 fully saturated rings. The van der Waals surface area contributed by atoms with Crippen molar-refractivity contribution in [2.45, 2.75) is 26.3 Å². The topological polar surface area (TPSA) is 40.7 Å². The van der Waals surface area contributed by atoms with E-state index in [0.29, 0.717) is 6.04 Å². The van der Waals surface area contributed by atoms with Gasteiger partial charge in [-0.25, -0.2) is 0 Å². The fourth-order valence-corrected chi connectivity index (χ4v) is 3.17. The number of thiophene rings is 1. The Balaban J connectivity index is 1.86. The third-order valence-corrected chi connectivity index (χ3v) is 4.72. The standard InChI is InChI=1S/C15H17N3S/c1-3-12-7-8-14(19-12)10(2)17-13-6-4-5-11-9-16-18-15(11)13/h4-10,17H,3H2,1-2H3,(H,16,18). The molecular weight excluding hydrogens is 254 g/mol. The van der Waals surface area contributed by atoms with E-state index in [1.807, 2.05) is 17.5 Å². The maximum atomic E-state index is 4.10. The van der Waals surface area contributed by atoms with Gasteiger partial charge in [0, 0.05) is 15.1 Å². The van der Waals surface area contributed by atoms with E-state index >= 15 is 0 Å². The molecule has 0 spiro atoms. The molecule has 0 aliphatic carbocycles. The molecule has 4 heteroatoms. The quantitative estimate of drug-likeness (QED) is 0.740. The summed E-state index contributed by atoms with van der Waals surface area (Å²) in [6, 6.07) is 10.9. The van der Waals surface area contributed by atoms with Gasteiger partial charge in [0.1, 0.15) is 0 Å². The lowest BCUT2D eigenvalue weighted by Crippen LogP contribution is -2.05. The molecule has 1 atom stereocenters. The summed E-state index contributed by atoms with van der Waals surface area (Å²) in [5.41, 5.74) is 2.18. The van der Waals surface area contributed by atoms with Gasteiger partial charge in [-0.15, -0.1) is 11.3 Å². The Morgan fingerprint density at radius 1 is 1.32 bits per heavy atom. The number of nitrogens with zero attached hydrogens (tertiary/aromatic N) is 1. The van der Waals surface area contributed by atoms with E-state index in [0.717, 1.165) is 23.0 Å². The van der Waals surface area contributed by atoms with Crippen LogP contribution < -0.4 is 5.32 Å². The number of aromatic nitrogens is 2. The second-order valence-electron chi connectivity index (χ2n) is 4.66. The molecule has 0 saturated heterocycles. The van der Waals surface area contributed by atoms with Crippen molar-refractivity contribution < 1.29 is 0 Å². The number of benzene rings is 1. The summed E-state index contributed by atoms with van der Waals surface area (Å²) in [6.07, 6.45) is 2.96. The fourth-order valence-electron chi connectivity index (χ4n) is 2.21. The first-order valence-corrected chi connectivity index (χ1v) is 7.37. The van der Waals surface area contributed by atoms with Gasteiger partial charge < -0.3 is 5.32 Å². The van der Waals surface area contributed by atoms with Crippen molar-refractivity contribution in [1.82, 2.24) is 10.2 Å². The van der Waals surface area contributed by atoms with Gasteiger partial charge in [-0.2, -0.15) is 5.10 Å². The first kappa shape index (κ1) is 12.2. The minimum Gasteiger partial charge on any atom is -0.376 e. The molecule has 3 aromatic rings. The highest BCUT2D eigenvalue weighted by Gasteiger charge is 2.10. The molecule has 0 saturated carbocycles. The van der Waals surface area contributed by atoms with Crippen molar-refractivity contribution in [2.24, 2.45) is 0 Å². The van der Waals surface area contributed by atoms with E-state index in [-0.39, 0.29) is 0 Å². The summed E-state index contributed by atoms with van der Waals surface area (Å²) in [4.78, 5) is 2.80.